The van der Waals surface area contributed by atoms with Crippen molar-refractivity contribution >= 4 is 35.4 Å². The molecule has 0 saturated heterocycles. The topological polar surface area (TPSA) is 42.8 Å². The number of H-pyrrole nitrogens is 1. The number of rotatable bonds is 6. The van der Waals surface area contributed by atoms with Crippen LogP contribution in [0.3, 0.4) is 0 Å². The summed E-state index contributed by atoms with van der Waals surface area (Å²) in [5.41, 5.74) is 3.05. The average molecular weight is 408 g/mol. The van der Waals surface area contributed by atoms with Crippen molar-refractivity contribution in [2.45, 2.75) is 26.7 Å². The van der Waals surface area contributed by atoms with Gasteiger partial charge in [-0.1, -0.05) is 29.3 Å². The van der Waals surface area contributed by atoms with Crippen molar-refractivity contribution < 1.29 is 4.74 Å². The minimum absolute atomic E-state index is 0.555. The first kappa shape index (κ1) is 19.0. The number of nitrogens with zero attached hydrogens (tertiary/aromatic N) is 2. The lowest BCUT2D eigenvalue weighted by atomic mass is 10.2. The molecule has 0 spiro atoms. The lowest BCUT2D eigenvalue weighted by molar-refractivity contribution is 0.307. The second-order valence-electron chi connectivity index (χ2n) is 6.07. The Morgan fingerprint density at radius 1 is 1.08 bits per heavy atom. The van der Waals surface area contributed by atoms with E-state index < -0.39 is 0 Å². The zero-order valence-electron chi connectivity index (χ0n) is 14.6. The molecule has 0 bridgehead atoms. The van der Waals surface area contributed by atoms with Crippen LogP contribution in [-0.4, -0.2) is 21.4 Å². The number of nitrogens with one attached hydrogen (secondary N) is 1. The standard InChI is InChI=1S/C19H19Cl2N3OS/c1-12-5-6-15(21)11-16(12)24-18(22-23-19(24)26)4-3-9-25-17-8-7-14(20)10-13(17)2/h5-8,10-11H,3-4,9H2,1-2H3,(H,23,26). The molecule has 2 aromatic carbocycles. The maximum Gasteiger partial charge on any atom is 0.199 e. The van der Waals surface area contributed by atoms with Crippen molar-refractivity contribution in [3.8, 4) is 11.4 Å². The summed E-state index contributed by atoms with van der Waals surface area (Å²) in [6.45, 7) is 4.58. The highest BCUT2D eigenvalue weighted by Gasteiger charge is 2.11. The van der Waals surface area contributed by atoms with Crippen molar-refractivity contribution in [1.82, 2.24) is 14.8 Å². The highest BCUT2D eigenvalue weighted by Crippen LogP contribution is 2.23. The molecule has 7 heteroatoms. The number of hydrogen-bond donors (Lipinski definition) is 1. The third-order valence-corrected chi connectivity index (χ3v) is 4.84. The molecule has 0 unspecified atom stereocenters. The molecule has 1 N–H and O–H groups in total. The van der Waals surface area contributed by atoms with Crippen LogP contribution in [0.25, 0.3) is 5.69 Å². The van der Waals surface area contributed by atoms with Crippen LogP contribution in [0.5, 0.6) is 5.75 Å². The third kappa shape index (κ3) is 4.29. The summed E-state index contributed by atoms with van der Waals surface area (Å²) in [7, 11) is 0. The molecule has 0 saturated carbocycles. The Bertz CT molecular complexity index is 981. The SMILES string of the molecule is Cc1cc(Cl)ccc1OCCCc1n[nH]c(=S)n1-c1cc(Cl)ccc1C. The van der Waals surface area contributed by atoms with Crippen LogP contribution in [-0.2, 0) is 6.42 Å². The highest BCUT2D eigenvalue weighted by molar-refractivity contribution is 7.71. The summed E-state index contributed by atoms with van der Waals surface area (Å²) in [4.78, 5) is 0. The molecule has 0 aliphatic heterocycles. The number of benzene rings is 2. The van der Waals surface area contributed by atoms with Crippen LogP contribution in [0, 0.1) is 18.6 Å². The summed E-state index contributed by atoms with van der Waals surface area (Å²) >= 11 is 17.5. The van der Waals surface area contributed by atoms with Gasteiger partial charge in [0.05, 0.1) is 12.3 Å². The fourth-order valence-corrected chi connectivity index (χ4v) is 3.40. The Morgan fingerprint density at radius 3 is 2.58 bits per heavy atom. The highest BCUT2D eigenvalue weighted by atomic mass is 35.5. The minimum Gasteiger partial charge on any atom is -0.493 e. The van der Waals surface area contributed by atoms with E-state index in [4.69, 9.17) is 40.2 Å². The maximum atomic E-state index is 6.15. The summed E-state index contributed by atoms with van der Waals surface area (Å²) in [6.07, 6.45) is 1.53. The number of ether oxygens (including phenoxy) is 1. The average Bonchev–Trinajstić information content (AvgIpc) is 2.96. The van der Waals surface area contributed by atoms with Crippen molar-refractivity contribution in [1.29, 1.82) is 0 Å². The lowest BCUT2D eigenvalue weighted by Gasteiger charge is -2.11. The first-order valence-electron chi connectivity index (χ1n) is 8.27. The summed E-state index contributed by atoms with van der Waals surface area (Å²) < 4.78 is 8.35. The largest absolute Gasteiger partial charge is 0.493 e. The second-order valence-corrected chi connectivity index (χ2v) is 7.33. The molecule has 0 radical (unpaired) electrons. The fourth-order valence-electron chi connectivity index (χ4n) is 2.76. The zero-order valence-corrected chi connectivity index (χ0v) is 16.9. The van der Waals surface area contributed by atoms with E-state index in [9.17, 15) is 0 Å². The van der Waals surface area contributed by atoms with E-state index in [0.29, 0.717) is 21.4 Å². The number of aromatic amines is 1. The van der Waals surface area contributed by atoms with Gasteiger partial charge in [-0.2, -0.15) is 5.10 Å². The van der Waals surface area contributed by atoms with Gasteiger partial charge in [-0.25, -0.2) is 0 Å². The van der Waals surface area contributed by atoms with Gasteiger partial charge in [0, 0.05) is 16.5 Å². The molecule has 26 heavy (non-hydrogen) atoms. The Morgan fingerprint density at radius 2 is 1.81 bits per heavy atom. The van der Waals surface area contributed by atoms with Gasteiger partial charge in [-0.05, 0) is 73.9 Å². The Kier molecular flexibility index (Phi) is 6.01. The van der Waals surface area contributed by atoms with E-state index in [1.165, 1.54) is 0 Å². The molecule has 1 heterocycles. The van der Waals surface area contributed by atoms with Crippen LogP contribution < -0.4 is 4.74 Å². The van der Waals surface area contributed by atoms with Gasteiger partial charge in [0.2, 0.25) is 0 Å². The smallest absolute Gasteiger partial charge is 0.199 e. The lowest BCUT2D eigenvalue weighted by Crippen LogP contribution is -2.06. The Balaban J connectivity index is 1.70. The van der Waals surface area contributed by atoms with Gasteiger partial charge in [0.15, 0.2) is 4.77 Å². The van der Waals surface area contributed by atoms with Crippen molar-refractivity contribution in [2.24, 2.45) is 0 Å². The Labute approximate surface area is 167 Å². The van der Waals surface area contributed by atoms with E-state index in [1.807, 2.05) is 54.8 Å². The zero-order chi connectivity index (χ0) is 18.7. The fraction of sp³-hybridized carbons (Fsp3) is 0.263. The quantitative estimate of drug-likeness (QED) is 0.410. The molecule has 0 aliphatic carbocycles. The summed E-state index contributed by atoms with van der Waals surface area (Å²) in [5, 5.41) is 8.62. The van der Waals surface area contributed by atoms with E-state index >= 15 is 0 Å². The molecular weight excluding hydrogens is 389 g/mol. The van der Waals surface area contributed by atoms with Crippen molar-refractivity contribution in [3.63, 3.8) is 0 Å². The Hall–Kier alpha value is -1.82. The van der Waals surface area contributed by atoms with Crippen LogP contribution >= 0.6 is 35.4 Å². The monoisotopic (exact) mass is 407 g/mol. The number of hydrogen-bond acceptors (Lipinski definition) is 3. The van der Waals surface area contributed by atoms with Gasteiger partial charge in [0.1, 0.15) is 11.6 Å². The minimum atomic E-state index is 0.555. The first-order chi connectivity index (χ1) is 12.5. The predicted octanol–water partition coefficient (Wildman–Crippen LogP) is 5.87. The molecule has 0 aliphatic rings. The van der Waals surface area contributed by atoms with Crippen LogP contribution in [0.4, 0.5) is 0 Å². The molecule has 3 aromatic rings. The molecule has 4 nitrogen and oxygen atoms in total. The second kappa shape index (κ2) is 8.25. The van der Waals surface area contributed by atoms with E-state index in [-0.39, 0.29) is 0 Å². The first-order valence-corrected chi connectivity index (χ1v) is 9.44. The van der Waals surface area contributed by atoms with Gasteiger partial charge >= 0.3 is 0 Å². The number of aryl methyl sites for hydroxylation is 3. The molecule has 136 valence electrons. The van der Waals surface area contributed by atoms with E-state index in [2.05, 4.69) is 10.2 Å². The van der Waals surface area contributed by atoms with Gasteiger partial charge in [-0.15, -0.1) is 0 Å². The van der Waals surface area contributed by atoms with Gasteiger partial charge in [0.25, 0.3) is 0 Å². The molecule has 3 rings (SSSR count). The molecule has 1 aromatic heterocycles. The van der Waals surface area contributed by atoms with E-state index in [0.717, 1.165) is 41.2 Å². The van der Waals surface area contributed by atoms with Crippen LogP contribution in [0.15, 0.2) is 36.4 Å². The molecule has 0 amide bonds. The van der Waals surface area contributed by atoms with Gasteiger partial charge in [-0.3, -0.25) is 9.67 Å². The van der Waals surface area contributed by atoms with Crippen LogP contribution in [0.2, 0.25) is 10.0 Å². The van der Waals surface area contributed by atoms with Gasteiger partial charge < -0.3 is 4.74 Å². The van der Waals surface area contributed by atoms with Crippen LogP contribution in [0.1, 0.15) is 23.4 Å². The summed E-state index contributed by atoms with van der Waals surface area (Å²) in [5.74, 6) is 1.70. The van der Waals surface area contributed by atoms with Crippen molar-refractivity contribution in [3.05, 3.63) is 68.2 Å². The van der Waals surface area contributed by atoms with Crippen molar-refractivity contribution in [2.75, 3.05) is 6.61 Å². The maximum absolute atomic E-state index is 6.15. The molecule has 0 atom stereocenters. The third-order valence-electron chi connectivity index (χ3n) is 4.09. The number of aromatic nitrogens is 3. The predicted molar refractivity (Wildman–Crippen MR) is 109 cm³/mol. The van der Waals surface area contributed by atoms with E-state index in [1.54, 1.807) is 0 Å². The molecular formula is C19H19Cl2N3OS. The summed E-state index contributed by atoms with van der Waals surface area (Å²) in [6, 6.07) is 11.4. The normalized spacial score (nSPS) is 10.9. The number of halogens is 2. The molecule has 0 fully saturated rings.